The summed E-state index contributed by atoms with van der Waals surface area (Å²) in [6, 6.07) is 14.2. The van der Waals surface area contributed by atoms with Gasteiger partial charge in [-0.2, -0.15) is 0 Å². The minimum atomic E-state index is 0.663. The summed E-state index contributed by atoms with van der Waals surface area (Å²) < 4.78 is 10.5. The monoisotopic (exact) mass is 306 g/mol. The van der Waals surface area contributed by atoms with E-state index in [2.05, 4.69) is 29.6 Å². The second kappa shape index (κ2) is 7.91. The highest BCUT2D eigenvalue weighted by Gasteiger charge is 2.10. The van der Waals surface area contributed by atoms with E-state index in [0.29, 0.717) is 16.5 Å². The summed E-state index contributed by atoms with van der Waals surface area (Å²) in [4.78, 5) is 0. The molecule has 0 spiro atoms. The third kappa shape index (κ3) is 4.38. The lowest BCUT2D eigenvalue weighted by Gasteiger charge is -2.11. The summed E-state index contributed by atoms with van der Waals surface area (Å²) in [6.45, 7) is 1.85. The van der Waals surface area contributed by atoms with Gasteiger partial charge in [0.25, 0.3) is 0 Å². The van der Waals surface area contributed by atoms with E-state index in [1.54, 1.807) is 20.3 Å². The zero-order chi connectivity index (χ0) is 15.1. The van der Waals surface area contributed by atoms with E-state index in [1.807, 2.05) is 12.1 Å². The molecule has 0 saturated heterocycles. The van der Waals surface area contributed by atoms with Crippen LogP contribution in [-0.4, -0.2) is 20.8 Å². The van der Waals surface area contributed by atoms with Crippen molar-refractivity contribution >= 4 is 11.6 Å². The van der Waals surface area contributed by atoms with Crippen LogP contribution in [0.25, 0.3) is 0 Å². The number of methoxy groups -OCH3 is 2. The number of hydrogen-bond donors (Lipinski definition) is 1. The van der Waals surface area contributed by atoms with Crippen molar-refractivity contribution < 1.29 is 14.8 Å². The van der Waals surface area contributed by atoms with Gasteiger partial charge in [0.2, 0.25) is 0 Å². The van der Waals surface area contributed by atoms with Gasteiger partial charge < -0.3 is 14.8 Å². The average Bonchev–Trinajstić information content (AvgIpc) is 2.53. The maximum Gasteiger partial charge on any atom is 0.162 e. The van der Waals surface area contributed by atoms with Crippen LogP contribution < -0.4 is 14.8 Å². The Hall–Kier alpha value is -1.71. The Morgan fingerprint density at radius 3 is 2.33 bits per heavy atom. The number of nitrogens with two attached hydrogens (primary N) is 1. The van der Waals surface area contributed by atoms with E-state index in [0.717, 1.165) is 25.1 Å². The summed E-state index contributed by atoms with van der Waals surface area (Å²) in [6.07, 6.45) is 1.05. The van der Waals surface area contributed by atoms with Gasteiger partial charge in [-0.15, -0.1) is 0 Å². The van der Waals surface area contributed by atoms with E-state index in [-0.39, 0.29) is 0 Å². The molecule has 0 fully saturated rings. The zero-order valence-corrected chi connectivity index (χ0v) is 13.2. The predicted octanol–water partition coefficient (Wildman–Crippen LogP) is 2.66. The molecule has 3 nitrogen and oxygen atoms in total. The second-order valence-corrected chi connectivity index (χ2v) is 5.22. The van der Waals surface area contributed by atoms with Crippen molar-refractivity contribution in [3.63, 3.8) is 0 Å². The van der Waals surface area contributed by atoms with Crippen molar-refractivity contribution in [1.29, 1.82) is 0 Å². The molecule has 0 saturated carbocycles. The maximum atomic E-state index is 6.28. The molecule has 0 unspecified atom stereocenters. The Morgan fingerprint density at radius 1 is 1.00 bits per heavy atom. The van der Waals surface area contributed by atoms with Gasteiger partial charge in [-0.3, -0.25) is 0 Å². The molecule has 0 aliphatic rings. The highest BCUT2D eigenvalue weighted by atomic mass is 35.5. The van der Waals surface area contributed by atoms with Crippen molar-refractivity contribution in [3.05, 3.63) is 58.6 Å². The molecule has 0 amide bonds. The SMILES string of the molecule is COc1cc(Cl)c(C[NH2+]CCc2ccccc2)cc1OC. The largest absolute Gasteiger partial charge is 0.493 e. The number of hydrogen-bond acceptors (Lipinski definition) is 2. The van der Waals surface area contributed by atoms with E-state index in [4.69, 9.17) is 21.1 Å². The Balaban J connectivity index is 1.91. The van der Waals surface area contributed by atoms with E-state index >= 15 is 0 Å². The quantitative estimate of drug-likeness (QED) is 0.798. The summed E-state index contributed by atoms with van der Waals surface area (Å²) in [7, 11) is 3.24. The third-order valence-corrected chi connectivity index (χ3v) is 3.75. The molecule has 0 heterocycles. The van der Waals surface area contributed by atoms with Crippen molar-refractivity contribution in [2.45, 2.75) is 13.0 Å². The second-order valence-electron chi connectivity index (χ2n) is 4.82. The Labute approximate surface area is 130 Å². The van der Waals surface area contributed by atoms with E-state index < -0.39 is 0 Å². The molecule has 21 heavy (non-hydrogen) atoms. The fourth-order valence-electron chi connectivity index (χ4n) is 2.22. The average molecular weight is 307 g/mol. The van der Waals surface area contributed by atoms with Gasteiger partial charge in [0.05, 0.1) is 25.8 Å². The van der Waals surface area contributed by atoms with Gasteiger partial charge in [0, 0.05) is 18.1 Å². The van der Waals surface area contributed by atoms with Crippen LogP contribution in [0.3, 0.4) is 0 Å². The first-order valence-corrected chi connectivity index (χ1v) is 7.38. The van der Waals surface area contributed by atoms with E-state index in [1.165, 1.54) is 5.56 Å². The van der Waals surface area contributed by atoms with Gasteiger partial charge in [-0.25, -0.2) is 0 Å². The topological polar surface area (TPSA) is 35.1 Å². The van der Waals surface area contributed by atoms with Gasteiger partial charge in [-0.1, -0.05) is 41.9 Å². The van der Waals surface area contributed by atoms with Crippen LogP contribution in [0.4, 0.5) is 0 Å². The molecule has 2 aromatic carbocycles. The van der Waals surface area contributed by atoms with Crippen molar-refractivity contribution in [2.24, 2.45) is 0 Å². The van der Waals surface area contributed by atoms with Crippen molar-refractivity contribution in [1.82, 2.24) is 0 Å². The van der Waals surface area contributed by atoms with Crippen LogP contribution in [0.1, 0.15) is 11.1 Å². The number of quaternary nitrogens is 1. The minimum absolute atomic E-state index is 0.663. The molecule has 0 bridgehead atoms. The van der Waals surface area contributed by atoms with Crippen molar-refractivity contribution in [2.75, 3.05) is 20.8 Å². The molecule has 0 aliphatic heterocycles. The first kappa shape index (κ1) is 15.7. The molecule has 2 rings (SSSR count). The molecule has 112 valence electrons. The predicted molar refractivity (Wildman–Crippen MR) is 85.2 cm³/mol. The van der Waals surface area contributed by atoms with Crippen molar-refractivity contribution in [3.8, 4) is 11.5 Å². The van der Waals surface area contributed by atoms with Crippen LogP contribution in [0.5, 0.6) is 11.5 Å². The van der Waals surface area contributed by atoms with Crippen LogP contribution in [0.2, 0.25) is 5.02 Å². The molecule has 0 aromatic heterocycles. The molecule has 0 radical (unpaired) electrons. The molecule has 0 atom stereocenters. The third-order valence-electron chi connectivity index (χ3n) is 3.40. The van der Waals surface area contributed by atoms with Crippen LogP contribution in [-0.2, 0) is 13.0 Å². The lowest BCUT2D eigenvalue weighted by molar-refractivity contribution is -0.670. The Bertz CT molecular complexity index is 573. The summed E-state index contributed by atoms with van der Waals surface area (Å²) >= 11 is 6.28. The fourth-order valence-corrected chi connectivity index (χ4v) is 2.45. The van der Waals surface area contributed by atoms with Gasteiger partial charge in [-0.05, 0) is 11.6 Å². The molecular weight excluding hydrogens is 286 g/mol. The summed E-state index contributed by atoms with van der Waals surface area (Å²) in [5.74, 6) is 1.38. The van der Waals surface area contributed by atoms with Gasteiger partial charge in [0.15, 0.2) is 11.5 Å². The first-order valence-electron chi connectivity index (χ1n) is 7.00. The molecule has 4 heteroatoms. The Kier molecular flexibility index (Phi) is 5.90. The number of rotatable bonds is 7. The lowest BCUT2D eigenvalue weighted by Crippen LogP contribution is -2.83. The normalized spacial score (nSPS) is 10.4. The number of benzene rings is 2. The van der Waals surface area contributed by atoms with Crippen LogP contribution in [0, 0.1) is 0 Å². The van der Waals surface area contributed by atoms with Crippen LogP contribution in [0.15, 0.2) is 42.5 Å². The smallest absolute Gasteiger partial charge is 0.162 e. The lowest BCUT2D eigenvalue weighted by atomic mass is 10.1. The highest BCUT2D eigenvalue weighted by molar-refractivity contribution is 6.31. The molecular formula is C17H21ClNO2+. The Morgan fingerprint density at radius 2 is 1.67 bits per heavy atom. The molecule has 0 aliphatic carbocycles. The summed E-state index contributed by atoms with van der Waals surface area (Å²) in [5, 5.41) is 2.96. The van der Waals surface area contributed by atoms with E-state index in [9.17, 15) is 0 Å². The number of ether oxygens (including phenoxy) is 2. The zero-order valence-electron chi connectivity index (χ0n) is 12.4. The first-order chi connectivity index (χ1) is 10.2. The minimum Gasteiger partial charge on any atom is -0.493 e. The van der Waals surface area contributed by atoms with Gasteiger partial charge >= 0.3 is 0 Å². The highest BCUT2D eigenvalue weighted by Crippen LogP contribution is 2.32. The number of halogens is 1. The fraction of sp³-hybridized carbons (Fsp3) is 0.294. The summed E-state index contributed by atoms with van der Waals surface area (Å²) in [5.41, 5.74) is 2.41. The maximum absolute atomic E-state index is 6.28. The van der Waals surface area contributed by atoms with Gasteiger partial charge in [0.1, 0.15) is 6.54 Å². The molecule has 2 aromatic rings. The standard InChI is InChI=1S/C17H20ClNO2/c1-20-16-10-14(15(18)11-17(16)21-2)12-19-9-8-13-6-4-3-5-7-13/h3-7,10-11,19H,8-9,12H2,1-2H3/p+1. The van der Waals surface area contributed by atoms with Crippen LogP contribution >= 0.6 is 11.6 Å². The molecule has 2 N–H and O–H groups in total.